The molecule has 0 aliphatic heterocycles. The quantitative estimate of drug-likeness (QED) is 0.464. The Kier molecular flexibility index (Phi) is 8.98. The number of hydrogen-bond donors (Lipinski definition) is 0. The largest absolute Gasteiger partial charge is 0.490 e. The van der Waals surface area contributed by atoms with Crippen LogP contribution in [-0.2, 0) is 0 Å². The number of benzene rings is 1. The fourth-order valence-electron chi connectivity index (χ4n) is 2.38. The molecule has 0 unspecified atom stereocenters. The van der Waals surface area contributed by atoms with Crippen molar-refractivity contribution in [2.45, 2.75) is 53.0 Å². The van der Waals surface area contributed by atoms with Crippen LogP contribution < -0.4 is 19.4 Å². The first-order valence-corrected chi connectivity index (χ1v) is 10.0. The standard InChI is InChI=1S/C17H30O3Si/c1-5-9-10-13-21-15-12-11-14(18-6-2)16(19-7-3)17(15)20-8-4/h11-12H,5-10,13,21H2,1-4H3. The molecule has 21 heavy (non-hydrogen) atoms. The summed E-state index contributed by atoms with van der Waals surface area (Å²) in [5.74, 6) is 2.52. The zero-order valence-electron chi connectivity index (χ0n) is 14.0. The first-order chi connectivity index (χ1) is 10.3. The van der Waals surface area contributed by atoms with Crippen LogP contribution in [0.15, 0.2) is 12.1 Å². The Morgan fingerprint density at radius 1 is 0.810 bits per heavy atom. The summed E-state index contributed by atoms with van der Waals surface area (Å²) in [5.41, 5.74) is 0. The van der Waals surface area contributed by atoms with Crippen molar-refractivity contribution in [2.75, 3.05) is 19.8 Å². The fraction of sp³-hybridized carbons (Fsp3) is 0.647. The van der Waals surface area contributed by atoms with Crippen molar-refractivity contribution < 1.29 is 14.2 Å². The van der Waals surface area contributed by atoms with Crippen molar-refractivity contribution in [3.8, 4) is 17.2 Å². The highest BCUT2D eigenvalue weighted by molar-refractivity contribution is 6.54. The Balaban J connectivity index is 2.97. The van der Waals surface area contributed by atoms with E-state index >= 15 is 0 Å². The van der Waals surface area contributed by atoms with E-state index in [9.17, 15) is 0 Å². The maximum atomic E-state index is 5.89. The number of unbranched alkanes of at least 4 members (excludes halogenated alkanes) is 2. The summed E-state index contributed by atoms with van der Waals surface area (Å²) in [6, 6.07) is 5.54. The number of hydrogen-bond acceptors (Lipinski definition) is 3. The zero-order valence-corrected chi connectivity index (χ0v) is 15.5. The van der Waals surface area contributed by atoms with Gasteiger partial charge < -0.3 is 14.2 Å². The molecule has 0 spiro atoms. The highest BCUT2D eigenvalue weighted by Gasteiger charge is 2.17. The second-order valence-electron chi connectivity index (χ2n) is 4.99. The molecule has 0 N–H and O–H groups in total. The first kappa shape index (κ1) is 17.9. The smallest absolute Gasteiger partial charge is 0.203 e. The van der Waals surface area contributed by atoms with E-state index in [0.717, 1.165) is 17.2 Å². The third kappa shape index (κ3) is 5.62. The molecule has 0 aliphatic rings. The SMILES string of the molecule is CCCCC[SiH2]c1ccc(OCC)c(OCC)c1OCC. The van der Waals surface area contributed by atoms with E-state index < -0.39 is 0 Å². The van der Waals surface area contributed by atoms with Crippen molar-refractivity contribution >= 4 is 14.7 Å². The molecule has 0 saturated carbocycles. The minimum atomic E-state index is -0.310. The number of ether oxygens (including phenoxy) is 3. The lowest BCUT2D eigenvalue weighted by atomic mass is 10.3. The van der Waals surface area contributed by atoms with Crippen LogP contribution in [0, 0.1) is 0 Å². The summed E-state index contributed by atoms with van der Waals surface area (Å²) in [7, 11) is -0.310. The van der Waals surface area contributed by atoms with Gasteiger partial charge in [0, 0.05) is 0 Å². The monoisotopic (exact) mass is 310 g/mol. The number of rotatable bonds is 11. The topological polar surface area (TPSA) is 27.7 Å². The van der Waals surface area contributed by atoms with E-state index in [1.165, 1.54) is 30.5 Å². The van der Waals surface area contributed by atoms with Gasteiger partial charge in [-0.1, -0.05) is 38.3 Å². The van der Waals surface area contributed by atoms with Crippen LogP contribution in [0.2, 0.25) is 6.04 Å². The van der Waals surface area contributed by atoms with Gasteiger partial charge in [-0.3, -0.25) is 0 Å². The third-order valence-corrected chi connectivity index (χ3v) is 5.28. The van der Waals surface area contributed by atoms with Crippen LogP contribution in [0.25, 0.3) is 0 Å². The van der Waals surface area contributed by atoms with Crippen molar-refractivity contribution in [1.29, 1.82) is 0 Å². The van der Waals surface area contributed by atoms with Gasteiger partial charge in [0.05, 0.1) is 29.3 Å². The van der Waals surface area contributed by atoms with Crippen molar-refractivity contribution in [1.82, 2.24) is 0 Å². The van der Waals surface area contributed by atoms with Crippen LogP contribution >= 0.6 is 0 Å². The lowest BCUT2D eigenvalue weighted by molar-refractivity contribution is 0.262. The van der Waals surface area contributed by atoms with Gasteiger partial charge in [-0.15, -0.1) is 0 Å². The predicted octanol–water partition coefficient (Wildman–Crippen LogP) is 3.29. The Morgan fingerprint density at radius 3 is 2.10 bits per heavy atom. The molecule has 0 heterocycles. The molecule has 0 bridgehead atoms. The van der Waals surface area contributed by atoms with Crippen LogP contribution in [0.3, 0.4) is 0 Å². The van der Waals surface area contributed by atoms with Gasteiger partial charge >= 0.3 is 0 Å². The molecule has 0 amide bonds. The van der Waals surface area contributed by atoms with Crippen LogP contribution in [0.5, 0.6) is 17.2 Å². The van der Waals surface area contributed by atoms with Crippen LogP contribution in [-0.4, -0.2) is 29.3 Å². The maximum absolute atomic E-state index is 5.89. The summed E-state index contributed by atoms with van der Waals surface area (Å²) in [6.07, 6.45) is 3.93. The van der Waals surface area contributed by atoms with Gasteiger partial charge in [-0.2, -0.15) is 0 Å². The molecule has 4 heteroatoms. The third-order valence-electron chi connectivity index (χ3n) is 3.33. The molecule has 0 radical (unpaired) electrons. The van der Waals surface area contributed by atoms with Gasteiger partial charge in [0.25, 0.3) is 0 Å². The van der Waals surface area contributed by atoms with Gasteiger partial charge in [0.2, 0.25) is 5.75 Å². The van der Waals surface area contributed by atoms with Gasteiger partial charge in [-0.25, -0.2) is 0 Å². The molecule has 0 fully saturated rings. The van der Waals surface area contributed by atoms with Crippen molar-refractivity contribution in [2.24, 2.45) is 0 Å². The molecule has 1 aromatic carbocycles. The highest BCUT2D eigenvalue weighted by Crippen LogP contribution is 2.36. The molecule has 0 aromatic heterocycles. The predicted molar refractivity (Wildman–Crippen MR) is 92.5 cm³/mol. The van der Waals surface area contributed by atoms with Crippen LogP contribution in [0.1, 0.15) is 47.0 Å². The minimum absolute atomic E-state index is 0.310. The summed E-state index contributed by atoms with van der Waals surface area (Å²) >= 11 is 0. The molecule has 0 atom stereocenters. The molecule has 120 valence electrons. The Morgan fingerprint density at radius 2 is 1.48 bits per heavy atom. The van der Waals surface area contributed by atoms with E-state index in [0.29, 0.717) is 19.8 Å². The normalized spacial score (nSPS) is 11.0. The van der Waals surface area contributed by atoms with E-state index in [-0.39, 0.29) is 9.52 Å². The molecule has 0 saturated heterocycles. The summed E-state index contributed by atoms with van der Waals surface area (Å²) in [5, 5.41) is 1.36. The maximum Gasteiger partial charge on any atom is 0.203 e. The zero-order chi connectivity index (χ0) is 15.5. The second-order valence-corrected chi connectivity index (χ2v) is 6.96. The Bertz CT molecular complexity index is 407. The lowest BCUT2D eigenvalue weighted by Gasteiger charge is -2.18. The van der Waals surface area contributed by atoms with Gasteiger partial charge in [0.1, 0.15) is 0 Å². The summed E-state index contributed by atoms with van der Waals surface area (Å²) in [6.45, 7) is 10.2. The fourth-order valence-corrected chi connectivity index (χ4v) is 4.14. The minimum Gasteiger partial charge on any atom is -0.490 e. The molecule has 1 aromatic rings. The Labute approximate surface area is 131 Å². The highest BCUT2D eigenvalue weighted by atomic mass is 28.2. The van der Waals surface area contributed by atoms with E-state index in [1.807, 2.05) is 26.8 Å². The first-order valence-electron chi connectivity index (χ1n) is 8.32. The lowest BCUT2D eigenvalue weighted by Crippen LogP contribution is -2.19. The van der Waals surface area contributed by atoms with Gasteiger partial charge in [-0.05, 0) is 32.0 Å². The molecule has 0 aliphatic carbocycles. The molecule has 1 rings (SSSR count). The second kappa shape index (κ2) is 10.5. The van der Waals surface area contributed by atoms with E-state index in [1.54, 1.807) is 0 Å². The molecule has 3 nitrogen and oxygen atoms in total. The summed E-state index contributed by atoms with van der Waals surface area (Å²) in [4.78, 5) is 0. The van der Waals surface area contributed by atoms with Gasteiger partial charge in [0.15, 0.2) is 11.5 Å². The average Bonchev–Trinajstić information content (AvgIpc) is 2.49. The van der Waals surface area contributed by atoms with E-state index in [2.05, 4.69) is 13.0 Å². The Hall–Kier alpha value is -1.16. The average molecular weight is 311 g/mol. The van der Waals surface area contributed by atoms with Crippen molar-refractivity contribution in [3.05, 3.63) is 12.1 Å². The summed E-state index contributed by atoms with van der Waals surface area (Å²) < 4.78 is 17.4. The molecular formula is C17H30O3Si. The van der Waals surface area contributed by atoms with Crippen molar-refractivity contribution in [3.63, 3.8) is 0 Å². The van der Waals surface area contributed by atoms with Crippen LogP contribution in [0.4, 0.5) is 0 Å². The van der Waals surface area contributed by atoms with E-state index in [4.69, 9.17) is 14.2 Å². The molecular weight excluding hydrogens is 280 g/mol.